The lowest BCUT2D eigenvalue weighted by Gasteiger charge is -2.26. The number of carbonyl (C=O) groups is 1. The summed E-state index contributed by atoms with van der Waals surface area (Å²) in [5.74, 6) is -0.364. The van der Waals surface area contributed by atoms with Gasteiger partial charge in [-0.15, -0.1) is 0 Å². The average molecular weight is 269 g/mol. The number of aliphatic hydroxyl groups is 1. The highest BCUT2D eigenvalue weighted by molar-refractivity contribution is 5.67. The molecule has 0 saturated carbocycles. The van der Waals surface area contributed by atoms with Gasteiger partial charge in [-0.25, -0.2) is 9.18 Å². The molecule has 0 aliphatic heterocycles. The summed E-state index contributed by atoms with van der Waals surface area (Å²) in [6, 6.07) is 5.52. The number of halogens is 1. The van der Waals surface area contributed by atoms with Crippen LogP contribution in [-0.2, 0) is 4.74 Å². The minimum Gasteiger partial charge on any atom is -0.444 e. The molecule has 1 aromatic rings. The molecular formula is C14H20FNO3. The first-order chi connectivity index (χ1) is 8.69. The van der Waals surface area contributed by atoms with Gasteiger partial charge in [0.1, 0.15) is 11.4 Å². The molecule has 0 saturated heterocycles. The van der Waals surface area contributed by atoms with E-state index in [2.05, 4.69) is 0 Å². The lowest BCUT2D eigenvalue weighted by atomic mass is 10.1. The average Bonchev–Trinajstić information content (AvgIpc) is 2.27. The second-order valence-electron chi connectivity index (χ2n) is 5.43. The Labute approximate surface area is 112 Å². The molecule has 0 fully saturated rings. The Bertz CT molecular complexity index is 425. The van der Waals surface area contributed by atoms with Crippen molar-refractivity contribution in [2.24, 2.45) is 0 Å². The van der Waals surface area contributed by atoms with Crippen LogP contribution < -0.4 is 0 Å². The number of likely N-dealkylation sites (N-methyl/N-ethyl adjacent to an activating group) is 1. The molecule has 1 aromatic carbocycles. The van der Waals surface area contributed by atoms with E-state index >= 15 is 0 Å². The number of hydrogen-bond acceptors (Lipinski definition) is 3. The maximum Gasteiger partial charge on any atom is 0.410 e. The number of rotatable bonds is 3. The van der Waals surface area contributed by atoms with Crippen LogP contribution in [0.1, 0.15) is 32.4 Å². The third-order valence-corrected chi connectivity index (χ3v) is 2.41. The molecule has 0 aliphatic carbocycles. The van der Waals surface area contributed by atoms with Crippen molar-refractivity contribution >= 4 is 6.09 Å². The van der Waals surface area contributed by atoms with Crippen LogP contribution in [-0.4, -0.2) is 35.3 Å². The second-order valence-corrected chi connectivity index (χ2v) is 5.43. The van der Waals surface area contributed by atoms with Gasteiger partial charge in [0.25, 0.3) is 0 Å². The molecule has 1 rings (SSSR count). The maximum absolute atomic E-state index is 12.8. The molecule has 0 heterocycles. The van der Waals surface area contributed by atoms with E-state index in [9.17, 15) is 14.3 Å². The van der Waals surface area contributed by atoms with E-state index in [1.807, 2.05) is 0 Å². The van der Waals surface area contributed by atoms with E-state index in [-0.39, 0.29) is 12.4 Å². The summed E-state index contributed by atoms with van der Waals surface area (Å²) in [6.45, 7) is 5.40. The van der Waals surface area contributed by atoms with Crippen LogP contribution in [0.3, 0.4) is 0 Å². The van der Waals surface area contributed by atoms with E-state index in [1.54, 1.807) is 27.8 Å². The standard InChI is InChI=1S/C14H20FNO3/c1-14(2,3)19-13(18)16(4)9-12(17)10-5-7-11(15)8-6-10/h5-8,12,17H,9H2,1-4H3/t12-/m0/s1. The molecule has 4 nitrogen and oxygen atoms in total. The van der Waals surface area contributed by atoms with Gasteiger partial charge in [-0.1, -0.05) is 12.1 Å². The van der Waals surface area contributed by atoms with Crippen LogP contribution in [0.5, 0.6) is 0 Å². The summed E-state index contributed by atoms with van der Waals surface area (Å²) >= 11 is 0. The van der Waals surface area contributed by atoms with Gasteiger partial charge in [-0.05, 0) is 38.5 Å². The van der Waals surface area contributed by atoms with Crippen LogP contribution in [0.4, 0.5) is 9.18 Å². The molecule has 0 radical (unpaired) electrons. The molecule has 0 bridgehead atoms. The van der Waals surface area contributed by atoms with Gasteiger partial charge >= 0.3 is 6.09 Å². The van der Waals surface area contributed by atoms with Crippen LogP contribution in [0.25, 0.3) is 0 Å². The van der Waals surface area contributed by atoms with Crippen molar-refractivity contribution in [2.75, 3.05) is 13.6 Å². The third kappa shape index (κ3) is 5.26. The number of hydrogen-bond donors (Lipinski definition) is 1. The predicted octanol–water partition coefficient (Wildman–Crippen LogP) is 2.73. The zero-order valence-corrected chi connectivity index (χ0v) is 11.7. The van der Waals surface area contributed by atoms with Gasteiger partial charge in [0.2, 0.25) is 0 Å². The van der Waals surface area contributed by atoms with Crippen LogP contribution in [0.2, 0.25) is 0 Å². The third-order valence-electron chi connectivity index (χ3n) is 2.41. The zero-order valence-electron chi connectivity index (χ0n) is 11.7. The maximum atomic E-state index is 12.8. The monoisotopic (exact) mass is 269 g/mol. The fourth-order valence-corrected chi connectivity index (χ4v) is 1.46. The highest BCUT2D eigenvalue weighted by atomic mass is 19.1. The summed E-state index contributed by atoms with van der Waals surface area (Å²) in [6.07, 6.45) is -1.38. The smallest absolute Gasteiger partial charge is 0.410 e. The van der Waals surface area contributed by atoms with E-state index in [4.69, 9.17) is 4.74 Å². The Morgan fingerprint density at radius 2 is 1.89 bits per heavy atom. The van der Waals surface area contributed by atoms with E-state index < -0.39 is 17.8 Å². The molecule has 1 N–H and O–H groups in total. The normalized spacial score (nSPS) is 12.9. The van der Waals surface area contributed by atoms with Crippen molar-refractivity contribution in [3.05, 3.63) is 35.6 Å². The molecule has 1 amide bonds. The molecule has 106 valence electrons. The zero-order chi connectivity index (χ0) is 14.6. The number of carbonyl (C=O) groups excluding carboxylic acids is 1. The van der Waals surface area contributed by atoms with Crippen molar-refractivity contribution in [3.8, 4) is 0 Å². The summed E-state index contributed by atoms with van der Waals surface area (Å²) in [5.41, 5.74) is -0.0246. The topological polar surface area (TPSA) is 49.8 Å². The first-order valence-corrected chi connectivity index (χ1v) is 6.06. The van der Waals surface area contributed by atoms with E-state index in [0.29, 0.717) is 5.56 Å². The van der Waals surface area contributed by atoms with Gasteiger partial charge in [0, 0.05) is 7.05 Å². The van der Waals surface area contributed by atoms with Crippen LogP contribution in [0, 0.1) is 5.82 Å². The fourth-order valence-electron chi connectivity index (χ4n) is 1.46. The van der Waals surface area contributed by atoms with Crippen LogP contribution >= 0.6 is 0 Å². The number of amides is 1. The minimum absolute atomic E-state index is 0.0839. The van der Waals surface area contributed by atoms with E-state index in [1.165, 1.54) is 29.2 Å². The molecule has 0 unspecified atom stereocenters. The Kier molecular flexibility index (Phi) is 4.89. The van der Waals surface area contributed by atoms with Gasteiger partial charge in [0.05, 0.1) is 12.6 Å². The molecule has 0 spiro atoms. The Balaban J connectivity index is 2.59. The van der Waals surface area contributed by atoms with Gasteiger partial charge in [0.15, 0.2) is 0 Å². The summed E-state index contributed by atoms with van der Waals surface area (Å²) in [5, 5.41) is 9.96. The largest absolute Gasteiger partial charge is 0.444 e. The van der Waals surface area contributed by atoms with Crippen LogP contribution in [0.15, 0.2) is 24.3 Å². The highest BCUT2D eigenvalue weighted by Gasteiger charge is 2.21. The summed E-state index contributed by atoms with van der Waals surface area (Å²) in [7, 11) is 1.54. The highest BCUT2D eigenvalue weighted by Crippen LogP contribution is 2.16. The van der Waals surface area contributed by atoms with Gasteiger partial charge in [-0.3, -0.25) is 0 Å². The first kappa shape index (κ1) is 15.4. The molecule has 0 aromatic heterocycles. The number of nitrogens with zero attached hydrogens (tertiary/aromatic N) is 1. The minimum atomic E-state index is -0.877. The molecule has 1 atom stereocenters. The Hall–Kier alpha value is -1.62. The Morgan fingerprint density at radius 1 is 1.37 bits per heavy atom. The number of aliphatic hydroxyl groups excluding tert-OH is 1. The molecule has 0 aliphatic rings. The molecule has 19 heavy (non-hydrogen) atoms. The van der Waals surface area contributed by atoms with E-state index in [0.717, 1.165) is 0 Å². The molecular weight excluding hydrogens is 249 g/mol. The quantitative estimate of drug-likeness (QED) is 0.918. The van der Waals surface area contributed by atoms with Crippen molar-refractivity contribution in [1.82, 2.24) is 4.90 Å². The summed E-state index contributed by atoms with van der Waals surface area (Å²) < 4.78 is 17.9. The second kappa shape index (κ2) is 6.02. The van der Waals surface area contributed by atoms with Crippen molar-refractivity contribution in [3.63, 3.8) is 0 Å². The fraction of sp³-hybridized carbons (Fsp3) is 0.500. The lowest BCUT2D eigenvalue weighted by Crippen LogP contribution is -2.36. The van der Waals surface area contributed by atoms with Crippen molar-refractivity contribution < 1.29 is 19.0 Å². The SMILES string of the molecule is CN(C[C@H](O)c1ccc(F)cc1)C(=O)OC(C)(C)C. The number of ether oxygens (including phenoxy) is 1. The van der Waals surface area contributed by atoms with Crippen molar-refractivity contribution in [2.45, 2.75) is 32.5 Å². The number of benzene rings is 1. The predicted molar refractivity (Wildman–Crippen MR) is 70.2 cm³/mol. The van der Waals surface area contributed by atoms with Gasteiger partial charge in [-0.2, -0.15) is 0 Å². The first-order valence-electron chi connectivity index (χ1n) is 6.06. The lowest BCUT2D eigenvalue weighted by molar-refractivity contribution is 0.0205. The van der Waals surface area contributed by atoms with Crippen molar-refractivity contribution in [1.29, 1.82) is 0 Å². The summed E-state index contributed by atoms with van der Waals surface area (Å²) in [4.78, 5) is 13.0. The Morgan fingerprint density at radius 3 is 2.37 bits per heavy atom. The van der Waals surface area contributed by atoms with Gasteiger partial charge < -0.3 is 14.7 Å². The molecule has 5 heteroatoms.